The standard InChI is InChI=1S/C11H16BrNO2/c1-7(3-4-13)8-5-11(15-2)9(12)6-10(8)14/h5-7,14H,3-4,13H2,1-2H3. The van der Waals surface area contributed by atoms with Crippen molar-refractivity contribution in [2.75, 3.05) is 13.7 Å². The van der Waals surface area contributed by atoms with E-state index in [-0.39, 0.29) is 11.7 Å². The summed E-state index contributed by atoms with van der Waals surface area (Å²) in [5.41, 5.74) is 6.37. The van der Waals surface area contributed by atoms with E-state index in [2.05, 4.69) is 15.9 Å². The molecule has 15 heavy (non-hydrogen) atoms. The van der Waals surface area contributed by atoms with Crippen LogP contribution in [0.1, 0.15) is 24.8 Å². The summed E-state index contributed by atoms with van der Waals surface area (Å²) in [6.07, 6.45) is 0.846. The van der Waals surface area contributed by atoms with Gasteiger partial charge in [0, 0.05) is 5.56 Å². The van der Waals surface area contributed by atoms with Crippen molar-refractivity contribution in [2.45, 2.75) is 19.3 Å². The van der Waals surface area contributed by atoms with Crippen LogP contribution in [0.2, 0.25) is 0 Å². The van der Waals surface area contributed by atoms with Crippen LogP contribution in [0, 0.1) is 0 Å². The van der Waals surface area contributed by atoms with Gasteiger partial charge in [-0.25, -0.2) is 0 Å². The summed E-state index contributed by atoms with van der Waals surface area (Å²) in [5, 5.41) is 9.78. The van der Waals surface area contributed by atoms with Crippen LogP contribution in [0.5, 0.6) is 11.5 Å². The van der Waals surface area contributed by atoms with Crippen molar-refractivity contribution < 1.29 is 9.84 Å². The first-order valence-electron chi connectivity index (χ1n) is 4.86. The minimum atomic E-state index is 0.233. The summed E-state index contributed by atoms with van der Waals surface area (Å²) in [5.74, 6) is 1.24. The van der Waals surface area contributed by atoms with Gasteiger partial charge in [-0.1, -0.05) is 6.92 Å². The third kappa shape index (κ3) is 2.86. The molecule has 1 unspecified atom stereocenters. The predicted molar refractivity (Wildman–Crippen MR) is 64.4 cm³/mol. The van der Waals surface area contributed by atoms with Crippen molar-refractivity contribution in [1.82, 2.24) is 0 Å². The van der Waals surface area contributed by atoms with Gasteiger partial charge in [-0.2, -0.15) is 0 Å². The van der Waals surface area contributed by atoms with Crippen molar-refractivity contribution in [3.63, 3.8) is 0 Å². The van der Waals surface area contributed by atoms with Crippen molar-refractivity contribution >= 4 is 15.9 Å². The second kappa shape index (κ2) is 5.37. The van der Waals surface area contributed by atoms with Gasteiger partial charge in [-0.05, 0) is 46.9 Å². The maximum atomic E-state index is 9.78. The lowest BCUT2D eigenvalue weighted by Gasteiger charge is -2.14. The van der Waals surface area contributed by atoms with Crippen LogP contribution in [-0.4, -0.2) is 18.8 Å². The molecule has 0 aromatic heterocycles. The highest BCUT2D eigenvalue weighted by Crippen LogP contribution is 2.36. The molecule has 0 saturated heterocycles. The Morgan fingerprint density at radius 2 is 2.20 bits per heavy atom. The molecule has 84 valence electrons. The van der Waals surface area contributed by atoms with Gasteiger partial charge >= 0.3 is 0 Å². The zero-order valence-corrected chi connectivity index (χ0v) is 10.5. The first-order chi connectivity index (χ1) is 7.10. The highest BCUT2D eigenvalue weighted by atomic mass is 79.9. The number of nitrogens with two attached hydrogens (primary N) is 1. The Balaban J connectivity index is 3.06. The van der Waals surface area contributed by atoms with Crippen LogP contribution in [-0.2, 0) is 0 Å². The van der Waals surface area contributed by atoms with E-state index in [0.29, 0.717) is 6.54 Å². The summed E-state index contributed by atoms with van der Waals surface area (Å²) in [4.78, 5) is 0. The minimum absolute atomic E-state index is 0.233. The molecule has 0 aliphatic carbocycles. The number of benzene rings is 1. The maximum Gasteiger partial charge on any atom is 0.133 e. The molecule has 0 fully saturated rings. The molecule has 0 spiro atoms. The van der Waals surface area contributed by atoms with Gasteiger partial charge in [-0.15, -0.1) is 0 Å². The van der Waals surface area contributed by atoms with Gasteiger partial charge < -0.3 is 15.6 Å². The predicted octanol–water partition coefficient (Wildman–Crippen LogP) is 2.62. The molecule has 0 bridgehead atoms. The lowest BCUT2D eigenvalue weighted by Crippen LogP contribution is -2.05. The van der Waals surface area contributed by atoms with Gasteiger partial charge in [-0.3, -0.25) is 0 Å². The Bertz CT molecular complexity index is 342. The van der Waals surface area contributed by atoms with Gasteiger partial charge in [0.15, 0.2) is 0 Å². The SMILES string of the molecule is COc1cc(C(C)CCN)c(O)cc1Br. The number of ether oxygens (including phenoxy) is 1. The second-order valence-electron chi connectivity index (χ2n) is 3.52. The zero-order chi connectivity index (χ0) is 11.4. The number of aromatic hydroxyl groups is 1. The number of phenolic OH excluding ortho intramolecular Hbond substituents is 1. The van der Waals surface area contributed by atoms with E-state index in [1.807, 2.05) is 13.0 Å². The number of methoxy groups -OCH3 is 1. The average molecular weight is 274 g/mol. The lowest BCUT2D eigenvalue weighted by molar-refractivity contribution is 0.406. The topological polar surface area (TPSA) is 55.5 Å². The minimum Gasteiger partial charge on any atom is -0.508 e. The summed E-state index contributed by atoms with van der Waals surface area (Å²) < 4.78 is 5.94. The van der Waals surface area contributed by atoms with E-state index >= 15 is 0 Å². The van der Waals surface area contributed by atoms with Gasteiger partial charge in [0.2, 0.25) is 0 Å². The van der Waals surface area contributed by atoms with Gasteiger partial charge in [0.1, 0.15) is 11.5 Å². The molecule has 4 heteroatoms. The van der Waals surface area contributed by atoms with Gasteiger partial charge in [0.25, 0.3) is 0 Å². The molecule has 1 atom stereocenters. The second-order valence-corrected chi connectivity index (χ2v) is 4.38. The number of phenols is 1. The molecule has 0 aliphatic rings. The van der Waals surface area contributed by atoms with Crippen LogP contribution in [0.3, 0.4) is 0 Å². The highest BCUT2D eigenvalue weighted by Gasteiger charge is 2.13. The van der Waals surface area contributed by atoms with E-state index in [1.54, 1.807) is 13.2 Å². The number of halogens is 1. The molecule has 0 radical (unpaired) electrons. The molecule has 1 rings (SSSR count). The summed E-state index contributed by atoms with van der Waals surface area (Å²) in [7, 11) is 1.61. The number of hydrogen-bond acceptors (Lipinski definition) is 3. The maximum absolute atomic E-state index is 9.78. The molecule has 0 amide bonds. The first kappa shape index (κ1) is 12.3. The largest absolute Gasteiger partial charge is 0.508 e. The van der Waals surface area contributed by atoms with Crippen molar-refractivity contribution in [3.8, 4) is 11.5 Å². The smallest absolute Gasteiger partial charge is 0.133 e. The molecule has 3 N–H and O–H groups in total. The first-order valence-corrected chi connectivity index (χ1v) is 5.66. The Hall–Kier alpha value is -0.740. The van der Waals surface area contributed by atoms with E-state index in [1.165, 1.54) is 0 Å². The normalized spacial score (nSPS) is 12.5. The average Bonchev–Trinajstić information content (AvgIpc) is 2.18. The van der Waals surface area contributed by atoms with Crippen molar-refractivity contribution in [3.05, 3.63) is 22.2 Å². The fourth-order valence-electron chi connectivity index (χ4n) is 1.52. The summed E-state index contributed by atoms with van der Waals surface area (Å²) >= 11 is 3.32. The van der Waals surface area contributed by atoms with Crippen LogP contribution in [0.4, 0.5) is 0 Å². The molecule has 3 nitrogen and oxygen atoms in total. The van der Waals surface area contributed by atoms with E-state index in [9.17, 15) is 5.11 Å². The Morgan fingerprint density at radius 3 is 2.73 bits per heavy atom. The number of rotatable bonds is 4. The van der Waals surface area contributed by atoms with E-state index in [4.69, 9.17) is 10.5 Å². The third-order valence-electron chi connectivity index (χ3n) is 2.43. The molecular formula is C11H16BrNO2. The van der Waals surface area contributed by atoms with Crippen LogP contribution in [0.15, 0.2) is 16.6 Å². The fraction of sp³-hybridized carbons (Fsp3) is 0.455. The highest BCUT2D eigenvalue weighted by molar-refractivity contribution is 9.10. The van der Waals surface area contributed by atoms with Crippen LogP contribution in [0.25, 0.3) is 0 Å². The molecule has 1 aromatic rings. The van der Waals surface area contributed by atoms with Crippen molar-refractivity contribution in [2.24, 2.45) is 5.73 Å². The quantitative estimate of drug-likeness (QED) is 0.887. The fourth-order valence-corrected chi connectivity index (χ4v) is 2.01. The summed E-state index contributed by atoms with van der Waals surface area (Å²) in [6, 6.07) is 3.50. The monoisotopic (exact) mass is 273 g/mol. The Morgan fingerprint density at radius 1 is 1.53 bits per heavy atom. The zero-order valence-electron chi connectivity index (χ0n) is 8.96. The van der Waals surface area contributed by atoms with E-state index < -0.39 is 0 Å². The summed E-state index contributed by atoms with van der Waals surface area (Å²) in [6.45, 7) is 2.65. The van der Waals surface area contributed by atoms with E-state index in [0.717, 1.165) is 22.2 Å². The molecule has 0 aliphatic heterocycles. The third-order valence-corrected chi connectivity index (χ3v) is 3.05. The van der Waals surface area contributed by atoms with Crippen molar-refractivity contribution in [1.29, 1.82) is 0 Å². The van der Waals surface area contributed by atoms with Crippen LogP contribution >= 0.6 is 15.9 Å². The molecule has 0 heterocycles. The lowest BCUT2D eigenvalue weighted by atomic mass is 9.97. The Kier molecular flexibility index (Phi) is 4.42. The Labute approximate surface area is 98.4 Å². The van der Waals surface area contributed by atoms with Crippen LogP contribution < -0.4 is 10.5 Å². The molecule has 0 saturated carbocycles. The van der Waals surface area contributed by atoms with Gasteiger partial charge in [0.05, 0.1) is 11.6 Å². The molecular weight excluding hydrogens is 258 g/mol. The molecule has 1 aromatic carbocycles. The number of hydrogen-bond donors (Lipinski definition) is 2.